The number of methoxy groups -OCH3 is 1. The Kier molecular flexibility index (Phi) is 9.18. The molecule has 17 nitrogen and oxygen atoms in total. The van der Waals surface area contributed by atoms with Gasteiger partial charge in [-0.3, -0.25) is 13.9 Å². The highest BCUT2D eigenvalue weighted by Crippen LogP contribution is 2.47. The van der Waals surface area contributed by atoms with Gasteiger partial charge in [-0.1, -0.05) is 18.2 Å². The Labute approximate surface area is 240 Å². The summed E-state index contributed by atoms with van der Waals surface area (Å²) in [6, 6.07) is 6.08. The van der Waals surface area contributed by atoms with Crippen LogP contribution in [0.2, 0.25) is 0 Å². The van der Waals surface area contributed by atoms with Crippen molar-refractivity contribution < 1.29 is 42.5 Å². The maximum atomic E-state index is 13.8. The normalized spacial score (nSPS) is 24.1. The van der Waals surface area contributed by atoms with E-state index in [4.69, 9.17) is 34.7 Å². The van der Waals surface area contributed by atoms with Crippen LogP contribution in [0.3, 0.4) is 0 Å². The molecule has 0 bridgehead atoms. The lowest BCUT2D eigenvalue weighted by Gasteiger charge is -2.33. The minimum absolute atomic E-state index is 0.111. The summed E-state index contributed by atoms with van der Waals surface area (Å²) >= 11 is 0. The minimum Gasteiger partial charge on any atom is -0.476 e. The monoisotopic (exact) mass is 608 g/mol. The van der Waals surface area contributed by atoms with E-state index in [2.05, 4.69) is 25.4 Å². The molecular weight excluding hydrogens is 575 g/mol. The zero-order valence-corrected chi connectivity index (χ0v) is 24.2. The molecule has 2 aromatic heterocycles. The van der Waals surface area contributed by atoms with E-state index in [1.54, 1.807) is 37.3 Å². The van der Waals surface area contributed by atoms with Crippen molar-refractivity contribution in [2.24, 2.45) is 5.73 Å². The second-order valence-corrected chi connectivity index (χ2v) is 11.2. The number of amides is 2. The third-order valence-corrected chi connectivity index (χ3v) is 8.04. The van der Waals surface area contributed by atoms with Crippen molar-refractivity contribution in [3.05, 3.63) is 36.7 Å². The Balaban J connectivity index is 1.65. The highest BCUT2D eigenvalue weighted by molar-refractivity contribution is 7.52. The van der Waals surface area contributed by atoms with Crippen molar-refractivity contribution in [3.63, 3.8) is 0 Å². The summed E-state index contributed by atoms with van der Waals surface area (Å²) in [5.41, 5.74) is 10.2. The number of aliphatic hydroxyl groups excluding tert-OH is 1. The number of esters is 1. The number of nitrogens with one attached hydrogen (secondary N) is 2. The lowest BCUT2D eigenvalue weighted by atomic mass is 9.92. The fourth-order valence-corrected chi connectivity index (χ4v) is 5.97. The average Bonchev–Trinajstić information content (AvgIpc) is 3.45. The van der Waals surface area contributed by atoms with Crippen molar-refractivity contribution in [1.82, 2.24) is 29.9 Å². The lowest BCUT2D eigenvalue weighted by molar-refractivity contribution is -0.142. The zero-order chi connectivity index (χ0) is 30.7. The first kappa shape index (κ1) is 30.9. The standard InChI is InChI=1S/C24H33N8O9P/c1-5-38-19-16-18(28-22(25)29-19)32(12-27-16)21-24(3,30-23(26)35)17(33)15(40-21)11-39-42(36,31-13(2)20(34)37-4)41-14-9-7-6-8-10-14/h6-10,12-13,15,17,21,33H,5,11H2,1-4H3,(H,31,36)(H2,25,28,29)(H3,26,30,35)/t13-,15+,17?,21+,24+,42?/m0/s1. The quantitative estimate of drug-likeness (QED) is 0.142. The van der Waals surface area contributed by atoms with E-state index in [1.807, 2.05) is 0 Å². The van der Waals surface area contributed by atoms with Crippen LogP contribution in [0.4, 0.5) is 10.7 Å². The number of fused-ring (bicyclic) bond motifs is 1. The van der Waals surface area contributed by atoms with Crippen molar-refractivity contribution in [2.75, 3.05) is 26.1 Å². The van der Waals surface area contributed by atoms with E-state index in [1.165, 1.54) is 31.9 Å². The molecule has 2 amide bonds. The number of aromatic nitrogens is 4. The number of hydrogen-bond donors (Lipinski definition) is 5. The molecule has 42 heavy (non-hydrogen) atoms. The van der Waals surface area contributed by atoms with Crippen LogP contribution in [0.1, 0.15) is 27.0 Å². The largest absolute Gasteiger partial charge is 0.476 e. The molecule has 18 heteroatoms. The maximum absolute atomic E-state index is 13.8. The smallest absolute Gasteiger partial charge is 0.459 e. The summed E-state index contributed by atoms with van der Waals surface area (Å²) in [6.45, 7) is 4.43. The van der Waals surface area contributed by atoms with Crippen molar-refractivity contribution in [2.45, 2.75) is 50.8 Å². The van der Waals surface area contributed by atoms with Gasteiger partial charge in [0.25, 0.3) is 0 Å². The van der Waals surface area contributed by atoms with Gasteiger partial charge < -0.3 is 40.6 Å². The van der Waals surface area contributed by atoms with E-state index in [0.29, 0.717) is 0 Å². The molecule has 3 aromatic rings. The number of para-hydroxylation sites is 1. The first-order valence-corrected chi connectivity index (χ1v) is 14.3. The summed E-state index contributed by atoms with van der Waals surface area (Å²) in [5, 5.41) is 16.4. The topological polar surface area (TPSA) is 237 Å². The van der Waals surface area contributed by atoms with Gasteiger partial charge >= 0.3 is 19.7 Å². The summed E-state index contributed by atoms with van der Waals surface area (Å²) in [6.07, 6.45) is -2.50. The van der Waals surface area contributed by atoms with Gasteiger partial charge in [0.1, 0.15) is 29.5 Å². The molecule has 0 spiro atoms. The fourth-order valence-electron chi connectivity index (χ4n) is 4.46. The molecule has 0 radical (unpaired) electrons. The Morgan fingerprint density at radius 2 is 2.00 bits per heavy atom. The fraction of sp³-hybridized carbons (Fsp3) is 0.458. The number of ether oxygens (including phenoxy) is 3. The Morgan fingerprint density at radius 1 is 1.29 bits per heavy atom. The van der Waals surface area contributed by atoms with Crippen LogP contribution in [0.15, 0.2) is 36.7 Å². The minimum atomic E-state index is -4.28. The number of nitrogens with two attached hydrogens (primary N) is 2. The average molecular weight is 609 g/mol. The van der Waals surface area contributed by atoms with Gasteiger partial charge in [-0.25, -0.2) is 14.3 Å². The molecule has 4 rings (SSSR count). The van der Waals surface area contributed by atoms with Crippen LogP contribution in [0.25, 0.3) is 11.2 Å². The van der Waals surface area contributed by atoms with Crippen LogP contribution in [0.5, 0.6) is 11.6 Å². The van der Waals surface area contributed by atoms with E-state index in [0.717, 1.165) is 0 Å². The molecule has 0 saturated carbocycles. The number of anilines is 1. The number of rotatable bonds is 12. The van der Waals surface area contributed by atoms with Crippen LogP contribution in [-0.2, 0) is 23.4 Å². The summed E-state index contributed by atoms with van der Waals surface area (Å²) < 4.78 is 42.9. The molecule has 228 valence electrons. The predicted molar refractivity (Wildman–Crippen MR) is 147 cm³/mol. The predicted octanol–water partition coefficient (Wildman–Crippen LogP) is 0.847. The Bertz CT molecular complexity index is 1470. The van der Waals surface area contributed by atoms with Gasteiger partial charge in [0.05, 0.1) is 26.7 Å². The number of urea groups is 1. The first-order chi connectivity index (χ1) is 19.9. The lowest BCUT2D eigenvalue weighted by Crippen LogP contribution is -2.58. The summed E-state index contributed by atoms with van der Waals surface area (Å²) in [7, 11) is -3.10. The molecule has 3 heterocycles. The number of benzene rings is 1. The van der Waals surface area contributed by atoms with Crippen molar-refractivity contribution >= 4 is 36.9 Å². The van der Waals surface area contributed by atoms with E-state index < -0.39 is 56.4 Å². The van der Waals surface area contributed by atoms with Gasteiger partial charge in [0.2, 0.25) is 11.8 Å². The second-order valence-electron chi connectivity index (χ2n) is 9.46. The molecule has 0 aliphatic carbocycles. The van der Waals surface area contributed by atoms with E-state index in [-0.39, 0.29) is 35.3 Å². The number of nitrogens with zero attached hydrogens (tertiary/aromatic N) is 4. The highest BCUT2D eigenvalue weighted by Gasteiger charge is 2.56. The van der Waals surface area contributed by atoms with Crippen LogP contribution in [0, 0.1) is 0 Å². The molecular formula is C24H33N8O9P. The zero-order valence-electron chi connectivity index (χ0n) is 23.3. The molecule has 1 fully saturated rings. The molecule has 1 aliphatic heterocycles. The summed E-state index contributed by atoms with van der Waals surface area (Å²) in [5.74, 6) is -0.513. The molecule has 2 unspecified atom stereocenters. The summed E-state index contributed by atoms with van der Waals surface area (Å²) in [4.78, 5) is 36.7. The Morgan fingerprint density at radius 3 is 2.64 bits per heavy atom. The number of carbonyl (C=O) groups is 2. The van der Waals surface area contributed by atoms with Crippen LogP contribution in [-0.4, -0.2) is 80.7 Å². The maximum Gasteiger partial charge on any atom is 0.459 e. The Hall–Kier alpha value is -4.02. The van der Waals surface area contributed by atoms with Gasteiger partial charge in [-0.2, -0.15) is 15.1 Å². The molecule has 1 saturated heterocycles. The molecule has 6 atom stereocenters. The number of aliphatic hydroxyl groups is 1. The van der Waals surface area contributed by atoms with Gasteiger partial charge in [-0.15, -0.1) is 0 Å². The second kappa shape index (κ2) is 12.5. The molecule has 1 aromatic carbocycles. The number of imidazole rings is 1. The number of primary amides is 1. The third kappa shape index (κ3) is 6.39. The van der Waals surface area contributed by atoms with Gasteiger partial charge in [-0.05, 0) is 32.9 Å². The number of carbonyl (C=O) groups excluding carboxylic acids is 2. The number of hydrogen-bond acceptors (Lipinski definition) is 13. The SMILES string of the molecule is CCOc1nc(N)nc2c1ncn2[C@@H]1O[C@H](COP(=O)(N[C@@H](C)C(=O)OC)Oc2ccccc2)C(O)[C@@]1(C)NC(N)=O. The van der Waals surface area contributed by atoms with E-state index >= 15 is 0 Å². The van der Waals surface area contributed by atoms with Crippen molar-refractivity contribution in [1.29, 1.82) is 0 Å². The highest BCUT2D eigenvalue weighted by atomic mass is 31.2. The first-order valence-electron chi connectivity index (χ1n) is 12.8. The third-order valence-electron chi connectivity index (χ3n) is 6.40. The number of nitrogen functional groups attached to an aromatic ring is 1. The molecule has 1 aliphatic rings. The van der Waals surface area contributed by atoms with Crippen LogP contribution < -0.4 is 31.1 Å². The molecule has 7 N–H and O–H groups in total. The van der Waals surface area contributed by atoms with Gasteiger partial charge in [0, 0.05) is 0 Å². The van der Waals surface area contributed by atoms with E-state index in [9.17, 15) is 19.3 Å². The van der Waals surface area contributed by atoms with Gasteiger partial charge in [0.15, 0.2) is 17.4 Å². The van der Waals surface area contributed by atoms with Crippen molar-refractivity contribution in [3.8, 4) is 11.6 Å². The van der Waals surface area contributed by atoms with Crippen LogP contribution >= 0.6 is 7.75 Å².